The Hall–Kier alpha value is -1.43. The Bertz CT molecular complexity index is 333. The second kappa shape index (κ2) is 3.99. The van der Waals surface area contributed by atoms with Gasteiger partial charge < -0.3 is 9.84 Å². The number of nitrogens with zero attached hydrogens (tertiary/aromatic N) is 1. The van der Waals surface area contributed by atoms with Crippen LogP contribution in [0.15, 0.2) is 5.51 Å². The van der Waals surface area contributed by atoms with E-state index in [0.717, 1.165) is 11.3 Å². The number of carboxylic acids is 1. The first kappa shape index (κ1) is 9.66. The maximum absolute atomic E-state index is 11.1. The van der Waals surface area contributed by atoms with Crippen molar-refractivity contribution in [2.45, 2.75) is 6.92 Å². The first-order valence-corrected chi connectivity index (χ1v) is 4.38. The number of carbonyl (C=O) groups excluding carboxylic acids is 1. The second-order valence-electron chi connectivity index (χ2n) is 2.06. The van der Waals surface area contributed by atoms with Gasteiger partial charge in [0.1, 0.15) is 4.88 Å². The quantitative estimate of drug-likeness (QED) is 0.739. The topological polar surface area (TPSA) is 76.5 Å². The van der Waals surface area contributed by atoms with E-state index in [-0.39, 0.29) is 17.2 Å². The maximum atomic E-state index is 11.1. The molecule has 0 radical (unpaired) electrons. The largest absolute Gasteiger partial charge is 0.476 e. The van der Waals surface area contributed by atoms with E-state index in [0.29, 0.717) is 0 Å². The molecule has 5 nitrogen and oxygen atoms in total. The Balaban J connectivity index is 2.93. The third-order valence-electron chi connectivity index (χ3n) is 1.23. The molecule has 1 heterocycles. The summed E-state index contributed by atoms with van der Waals surface area (Å²) in [5.41, 5.74) is 1.05. The number of carboxylic acid groups (broad SMARTS) is 1. The van der Waals surface area contributed by atoms with E-state index in [1.807, 2.05) is 0 Å². The van der Waals surface area contributed by atoms with Gasteiger partial charge in [0.05, 0.1) is 12.1 Å². The van der Waals surface area contributed by atoms with Crippen molar-refractivity contribution in [1.29, 1.82) is 0 Å². The lowest BCUT2D eigenvalue weighted by Gasteiger charge is -1.98. The summed E-state index contributed by atoms with van der Waals surface area (Å²) >= 11 is 0.959. The number of hydrogen-bond acceptors (Lipinski definition) is 5. The fourth-order valence-electron chi connectivity index (χ4n) is 0.740. The third kappa shape index (κ3) is 2.03. The van der Waals surface area contributed by atoms with Crippen molar-refractivity contribution in [3.63, 3.8) is 0 Å². The van der Waals surface area contributed by atoms with Crippen molar-refractivity contribution in [2.24, 2.45) is 0 Å². The number of esters is 1. The highest BCUT2D eigenvalue weighted by Crippen LogP contribution is 2.14. The van der Waals surface area contributed by atoms with Crippen LogP contribution in [0.1, 0.15) is 27.1 Å². The van der Waals surface area contributed by atoms with E-state index in [9.17, 15) is 9.59 Å². The Kier molecular flexibility index (Phi) is 2.97. The number of aromatic carboxylic acids is 1. The second-order valence-corrected chi connectivity index (χ2v) is 2.91. The zero-order valence-corrected chi connectivity index (χ0v) is 7.63. The van der Waals surface area contributed by atoms with Gasteiger partial charge in [-0.15, -0.1) is 11.3 Å². The molecule has 0 aliphatic rings. The minimum Gasteiger partial charge on any atom is -0.476 e. The number of thiazole rings is 1. The van der Waals surface area contributed by atoms with Gasteiger partial charge in [0.15, 0.2) is 5.69 Å². The highest BCUT2D eigenvalue weighted by molar-refractivity contribution is 7.12. The monoisotopic (exact) mass is 201 g/mol. The van der Waals surface area contributed by atoms with Crippen LogP contribution >= 0.6 is 11.3 Å². The molecule has 0 aromatic carbocycles. The Labute approximate surface area is 78.0 Å². The number of ether oxygens (including phenoxy) is 1. The van der Waals surface area contributed by atoms with Crippen molar-refractivity contribution >= 4 is 23.3 Å². The van der Waals surface area contributed by atoms with Crippen LogP contribution in [0.5, 0.6) is 0 Å². The summed E-state index contributed by atoms with van der Waals surface area (Å²) in [7, 11) is 0. The van der Waals surface area contributed by atoms with Gasteiger partial charge in [-0.3, -0.25) is 0 Å². The zero-order valence-electron chi connectivity index (χ0n) is 6.81. The normalized spacial score (nSPS) is 9.62. The van der Waals surface area contributed by atoms with Gasteiger partial charge in [0.25, 0.3) is 0 Å². The minimum absolute atomic E-state index is 0.0364. The fraction of sp³-hybridized carbons (Fsp3) is 0.286. The Morgan fingerprint density at radius 3 is 2.92 bits per heavy atom. The maximum Gasteiger partial charge on any atom is 0.356 e. The van der Waals surface area contributed by atoms with Crippen molar-refractivity contribution in [3.8, 4) is 0 Å². The summed E-state index contributed by atoms with van der Waals surface area (Å²) in [4.78, 5) is 25.2. The first-order valence-electron chi connectivity index (χ1n) is 3.50. The molecule has 0 aliphatic heterocycles. The number of hydrogen-bond donors (Lipinski definition) is 1. The molecule has 1 aromatic rings. The Morgan fingerprint density at radius 2 is 2.38 bits per heavy atom. The van der Waals surface area contributed by atoms with Crippen LogP contribution in [-0.4, -0.2) is 28.6 Å². The van der Waals surface area contributed by atoms with Gasteiger partial charge in [-0.1, -0.05) is 0 Å². The molecule has 70 valence electrons. The van der Waals surface area contributed by atoms with Gasteiger partial charge in [0.2, 0.25) is 0 Å². The van der Waals surface area contributed by atoms with Crippen LogP contribution in [0.2, 0.25) is 0 Å². The molecule has 0 saturated heterocycles. The predicted molar refractivity (Wildman–Crippen MR) is 45.0 cm³/mol. The Morgan fingerprint density at radius 1 is 1.69 bits per heavy atom. The number of rotatable bonds is 3. The van der Waals surface area contributed by atoms with E-state index in [2.05, 4.69) is 9.72 Å². The van der Waals surface area contributed by atoms with Crippen LogP contribution in [0.25, 0.3) is 0 Å². The van der Waals surface area contributed by atoms with Crippen LogP contribution in [0.3, 0.4) is 0 Å². The minimum atomic E-state index is -1.22. The van der Waals surface area contributed by atoms with Crippen LogP contribution in [0, 0.1) is 0 Å². The molecule has 1 rings (SSSR count). The number of aromatic nitrogens is 1. The molecular formula is C7H7NO4S. The van der Waals surface area contributed by atoms with Crippen LogP contribution in [-0.2, 0) is 4.74 Å². The molecule has 1 N–H and O–H groups in total. The highest BCUT2D eigenvalue weighted by atomic mass is 32.1. The lowest BCUT2D eigenvalue weighted by Crippen LogP contribution is -2.09. The molecule has 0 saturated carbocycles. The average Bonchev–Trinajstić information content (AvgIpc) is 2.52. The highest BCUT2D eigenvalue weighted by Gasteiger charge is 2.20. The van der Waals surface area contributed by atoms with Crippen molar-refractivity contribution in [3.05, 3.63) is 16.1 Å². The molecule has 0 unspecified atom stereocenters. The van der Waals surface area contributed by atoms with E-state index in [1.165, 1.54) is 5.51 Å². The van der Waals surface area contributed by atoms with Gasteiger partial charge in [0, 0.05) is 0 Å². The van der Waals surface area contributed by atoms with Crippen LogP contribution < -0.4 is 0 Å². The van der Waals surface area contributed by atoms with Gasteiger partial charge in [-0.25, -0.2) is 14.6 Å². The zero-order chi connectivity index (χ0) is 9.84. The lowest BCUT2D eigenvalue weighted by molar-refractivity contribution is 0.0519. The smallest absolute Gasteiger partial charge is 0.356 e. The average molecular weight is 201 g/mol. The van der Waals surface area contributed by atoms with E-state index in [4.69, 9.17) is 5.11 Å². The summed E-state index contributed by atoms with van der Waals surface area (Å²) in [5, 5.41) is 8.61. The molecular weight excluding hydrogens is 194 g/mol. The van der Waals surface area contributed by atoms with E-state index < -0.39 is 11.9 Å². The molecule has 13 heavy (non-hydrogen) atoms. The first-order chi connectivity index (χ1) is 6.16. The van der Waals surface area contributed by atoms with Crippen molar-refractivity contribution < 1.29 is 19.4 Å². The van der Waals surface area contributed by atoms with Gasteiger partial charge in [-0.2, -0.15) is 0 Å². The number of carbonyl (C=O) groups is 2. The molecule has 1 aromatic heterocycles. The molecule has 0 bridgehead atoms. The molecule has 0 amide bonds. The van der Waals surface area contributed by atoms with Crippen molar-refractivity contribution in [2.75, 3.05) is 6.61 Å². The standard InChI is InChI=1S/C7H7NO4S/c1-2-12-7(11)5-4(6(9)10)8-3-13-5/h3H,2H2,1H3,(H,9,10). The third-order valence-corrected chi connectivity index (χ3v) is 2.04. The fourth-order valence-corrected chi connectivity index (χ4v) is 1.41. The summed E-state index contributed by atoms with van der Waals surface area (Å²) in [6, 6.07) is 0. The van der Waals surface area contributed by atoms with Gasteiger partial charge in [-0.05, 0) is 6.92 Å². The summed E-state index contributed by atoms with van der Waals surface area (Å²) < 4.78 is 4.65. The SMILES string of the molecule is CCOC(=O)c1scnc1C(=O)O. The molecule has 0 aliphatic carbocycles. The van der Waals surface area contributed by atoms with Crippen LogP contribution in [0.4, 0.5) is 0 Å². The molecule has 0 atom stereocenters. The van der Waals surface area contributed by atoms with Crippen molar-refractivity contribution in [1.82, 2.24) is 4.98 Å². The molecule has 0 spiro atoms. The summed E-state index contributed by atoms with van der Waals surface area (Å²) in [6.45, 7) is 1.87. The molecule has 0 fully saturated rings. The van der Waals surface area contributed by atoms with E-state index >= 15 is 0 Å². The predicted octanol–water partition coefficient (Wildman–Crippen LogP) is 1.02. The van der Waals surface area contributed by atoms with Gasteiger partial charge >= 0.3 is 11.9 Å². The molecule has 6 heteroatoms. The summed E-state index contributed by atoms with van der Waals surface area (Å²) in [5.74, 6) is -1.85. The van der Waals surface area contributed by atoms with E-state index in [1.54, 1.807) is 6.92 Å². The summed E-state index contributed by atoms with van der Waals surface area (Å²) in [6.07, 6.45) is 0. The lowest BCUT2D eigenvalue weighted by atomic mass is 10.4.